The van der Waals surface area contributed by atoms with Crippen LogP contribution in [0.2, 0.25) is 5.02 Å². The van der Waals surface area contributed by atoms with Gasteiger partial charge in [0.05, 0.1) is 5.56 Å². The standard InChI is InChI=1S/C18H15ClFN3O/c1-12-21-8-9-23(12)15-5-2-13(3-6-15)11-22-18(24)16-7-4-14(19)10-17(16)20/h2-10H,11H2,1H3,(H,22,24). The minimum absolute atomic E-state index is 0.0231. The molecule has 24 heavy (non-hydrogen) atoms. The first-order valence-corrected chi connectivity index (χ1v) is 7.75. The van der Waals surface area contributed by atoms with Gasteiger partial charge in [-0.25, -0.2) is 9.37 Å². The molecule has 1 amide bonds. The van der Waals surface area contributed by atoms with Crippen molar-refractivity contribution in [2.75, 3.05) is 0 Å². The fourth-order valence-corrected chi connectivity index (χ4v) is 2.54. The summed E-state index contributed by atoms with van der Waals surface area (Å²) < 4.78 is 15.7. The van der Waals surface area contributed by atoms with Crippen LogP contribution in [0.15, 0.2) is 54.9 Å². The normalized spacial score (nSPS) is 10.6. The third kappa shape index (κ3) is 3.46. The molecule has 0 aliphatic heterocycles. The van der Waals surface area contributed by atoms with E-state index < -0.39 is 11.7 Å². The lowest BCUT2D eigenvalue weighted by Crippen LogP contribution is -2.23. The molecule has 0 saturated carbocycles. The molecule has 122 valence electrons. The van der Waals surface area contributed by atoms with Crippen molar-refractivity contribution in [3.8, 4) is 5.69 Å². The summed E-state index contributed by atoms with van der Waals surface area (Å²) in [5, 5.41) is 2.96. The number of rotatable bonds is 4. The third-order valence-electron chi connectivity index (χ3n) is 3.67. The summed E-state index contributed by atoms with van der Waals surface area (Å²) in [5.41, 5.74) is 1.88. The molecular formula is C18H15ClFN3O. The van der Waals surface area contributed by atoms with Crippen molar-refractivity contribution < 1.29 is 9.18 Å². The fraction of sp³-hybridized carbons (Fsp3) is 0.111. The largest absolute Gasteiger partial charge is 0.348 e. The van der Waals surface area contributed by atoms with Crippen LogP contribution in [0.3, 0.4) is 0 Å². The molecule has 0 spiro atoms. The second-order valence-corrected chi connectivity index (χ2v) is 5.75. The molecule has 0 atom stereocenters. The summed E-state index contributed by atoms with van der Waals surface area (Å²) in [7, 11) is 0. The number of hydrogen-bond acceptors (Lipinski definition) is 2. The van der Waals surface area contributed by atoms with E-state index in [9.17, 15) is 9.18 Å². The number of nitrogens with zero attached hydrogens (tertiary/aromatic N) is 2. The van der Waals surface area contributed by atoms with E-state index >= 15 is 0 Å². The van der Waals surface area contributed by atoms with E-state index in [4.69, 9.17) is 11.6 Å². The predicted octanol–water partition coefficient (Wildman–Crippen LogP) is 3.90. The van der Waals surface area contributed by atoms with Crippen LogP contribution in [0, 0.1) is 12.7 Å². The van der Waals surface area contributed by atoms with E-state index in [2.05, 4.69) is 10.3 Å². The Bertz CT molecular complexity index is 874. The van der Waals surface area contributed by atoms with Crippen molar-refractivity contribution in [3.05, 3.63) is 82.6 Å². The van der Waals surface area contributed by atoms with Gasteiger partial charge in [0.1, 0.15) is 11.6 Å². The highest BCUT2D eigenvalue weighted by atomic mass is 35.5. The first-order chi connectivity index (χ1) is 11.5. The zero-order chi connectivity index (χ0) is 17.1. The van der Waals surface area contributed by atoms with Gasteiger partial charge in [-0.2, -0.15) is 0 Å². The predicted molar refractivity (Wildman–Crippen MR) is 90.9 cm³/mol. The highest BCUT2D eigenvalue weighted by molar-refractivity contribution is 6.30. The van der Waals surface area contributed by atoms with Crippen molar-refractivity contribution in [1.29, 1.82) is 0 Å². The van der Waals surface area contributed by atoms with Crippen molar-refractivity contribution in [2.24, 2.45) is 0 Å². The quantitative estimate of drug-likeness (QED) is 0.781. The molecule has 1 heterocycles. The summed E-state index contributed by atoms with van der Waals surface area (Å²) >= 11 is 5.68. The molecular weight excluding hydrogens is 329 g/mol. The second kappa shape index (κ2) is 6.84. The van der Waals surface area contributed by atoms with Crippen LogP contribution in [0.1, 0.15) is 21.7 Å². The SMILES string of the molecule is Cc1nccn1-c1ccc(CNC(=O)c2ccc(Cl)cc2F)cc1. The Balaban J connectivity index is 1.66. The van der Waals surface area contributed by atoms with Crippen molar-refractivity contribution >= 4 is 17.5 Å². The molecule has 1 N–H and O–H groups in total. The summed E-state index contributed by atoms with van der Waals surface area (Å²) in [6, 6.07) is 11.7. The number of nitrogens with one attached hydrogen (secondary N) is 1. The zero-order valence-corrected chi connectivity index (χ0v) is 13.7. The number of carbonyl (C=O) groups is 1. The van der Waals surface area contributed by atoms with E-state index in [1.165, 1.54) is 12.1 Å². The monoisotopic (exact) mass is 343 g/mol. The highest BCUT2D eigenvalue weighted by Gasteiger charge is 2.11. The second-order valence-electron chi connectivity index (χ2n) is 5.32. The van der Waals surface area contributed by atoms with Crippen molar-refractivity contribution in [2.45, 2.75) is 13.5 Å². The first kappa shape index (κ1) is 16.2. The molecule has 0 radical (unpaired) electrons. The highest BCUT2D eigenvalue weighted by Crippen LogP contribution is 2.15. The van der Waals surface area contributed by atoms with Gasteiger partial charge in [-0.1, -0.05) is 23.7 Å². The molecule has 3 aromatic rings. The van der Waals surface area contributed by atoms with Crippen LogP contribution < -0.4 is 5.32 Å². The van der Waals surface area contributed by atoms with Gasteiger partial charge in [0.2, 0.25) is 0 Å². The molecule has 0 bridgehead atoms. The lowest BCUT2D eigenvalue weighted by Gasteiger charge is -2.09. The van der Waals surface area contributed by atoms with E-state index in [0.29, 0.717) is 6.54 Å². The van der Waals surface area contributed by atoms with E-state index in [0.717, 1.165) is 23.1 Å². The number of amides is 1. The van der Waals surface area contributed by atoms with E-state index in [1.54, 1.807) is 6.20 Å². The number of aromatic nitrogens is 2. The lowest BCUT2D eigenvalue weighted by atomic mass is 10.1. The van der Waals surface area contributed by atoms with E-state index in [-0.39, 0.29) is 10.6 Å². The van der Waals surface area contributed by atoms with Crippen LogP contribution in [0.25, 0.3) is 5.69 Å². The van der Waals surface area contributed by atoms with Gasteiger partial charge in [0.15, 0.2) is 0 Å². The Labute approximate surface area is 143 Å². The molecule has 4 nitrogen and oxygen atoms in total. The van der Waals surface area contributed by atoms with Crippen molar-refractivity contribution in [1.82, 2.24) is 14.9 Å². The number of hydrogen-bond donors (Lipinski definition) is 1. The molecule has 0 fully saturated rings. The van der Waals surface area contributed by atoms with Gasteiger partial charge >= 0.3 is 0 Å². The topological polar surface area (TPSA) is 46.9 Å². The Morgan fingerprint density at radius 2 is 2.00 bits per heavy atom. The molecule has 3 rings (SSSR count). The lowest BCUT2D eigenvalue weighted by molar-refractivity contribution is 0.0947. The van der Waals surface area contributed by atoms with Crippen molar-refractivity contribution in [3.63, 3.8) is 0 Å². The Morgan fingerprint density at radius 3 is 2.62 bits per heavy atom. The minimum Gasteiger partial charge on any atom is -0.348 e. The number of halogens is 2. The molecule has 1 aromatic heterocycles. The molecule has 6 heteroatoms. The summed E-state index contributed by atoms with van der Waals surface area (Å²) in [4.78, 5) is 16.2. The first-order valence-electron chi connectivity index (χ1n) is 7.37. The molecule has 0 saturated heterocycles. The summed E-state index contributed by atoms with van der Waals surface area (Å²) in [6.45, 7) is 2.24. The Hall–Kier alpha value is -2.66. The summed E-state index contributed by atoms with van der Waals surface area (Å²) in [5.74, 6) is -0.209. The maximum atomic E-state index is 13.7. The number of benzene rings is 2. The smallest absolute Gasteiger partial charge is 0.254 e. The Morgan fingerprint density at radius 1 is 1.25 bits per heavy atom. The number of imidazole rings is 1. The third-order valence-corrected chi connectivity index (χ3v) is 3.90. The average Bonchev–Trinajstić information content (AvgIpc) is 2.99. The van der Waals surface area contributed by atoms with Gasteiger partial charge < -0.3 is 9.88 Å². The minimum atomic E-state index is -0.633. The average molecular weight is 344 g/mol. The zero-order valence-electron chi connectivity index (χ0n) is 13.0. The van der Waals surface area contributed by atoms with Crippen LogP contribution in [0.4, 0.5) is 4.39 Å². The maximum absolute atomic E-state index is 13.7. The Kier molecular flexibility index (Phi) is 4.62. The molecule has 0 unspecified atom stereocenters. The molecule has 2 aromatic carbocycles. The van der Waals surface area contributed by atoms with Gasteiger partial charge in [0, 0.05) is 29.6 Å². The van der Waals surface area contributed by atoms with Crippen LogP contribution >= 0.6 is 11.6 Å². The van der Waals surface area contributed by atoms with Gasteiger partial charge in [-0.05, 0) is 42.8 Å². The van der Waals surface area contributed by atoms with Crippen LogP contribution in [-0.2, 0) is 6.54 Å². The van der Waals surface area contributed by atoms with Gasteiger partial charge in [0.25, 0.3) is 5.91 Å². The molecule has 0 aliphatic rings. The van der Waals surface area contributed by atoms with Gasteiger partial charge in [-0.15, -0.1) is 0 Å². The van der Waals surface area contributed by atoms with Crippen LogP contribution in [0.5, 0.6) is 0 Å². The summed E-state index contributed by atoms with van der Waals surface area (Å²) in [6.07, 6.45) is 3.62. The van der Waals surface area contributed by atoms with E-state index in [1.807, 2.05) is 42.0 Å². The fourth-order valence-electron chi connectivity index (χ4n) is 2.38. The maximum Gasteiger partial charge on any atom is 0.254 e. The van der Waals surface area contributed by atoms with Crippen LogP contribution in [-0.4, -0.2) is 15.5 Å². The van der Waals surface area contributed by atoms with Gasteiger partial charge in [-0.3, -0.25) is 4.79 Å². The number of aryl methyl sites for hydroxylation is 1. The number of carbonyl (C=O) groups excluding carboxylic acids is 1. The molecule has 0 aliphatic carbocycles.